The molecule has 0 amide bonds. The number of halogens is 1. The van der Waals surface area contributed by atoms with Crippen molar-refractivity contribution in [1.82, 2.24) is 0 Å². The first-order valence-electron chi connectivity index (χ1n) is 4.81. The van der Waals surface area contributed by atoms with Crippen molar-refractivity contribution in [2.24, 2.45) is 5.73 Å². The lowest BCUT2D eigenvalue weighted by Crippen LogP contribution is -2.11. The van der Waals surface area contributed by atoms with Gasteiger partial charge in [0.15, 0.2) is 0 Å². The number of phenols is 1. The van der Waals surface area contributed by atoms with Gasteiger partial charge in [-0.1, -0.05) is 24.6 Å². The fourth-order valence-electron chi connectivity index (χ4n) is 1.57. The van der Waals surface area contributed by atoms with E-state index in [1.807, 2.05) is 13.0 Å². The minimum Gasteiger partial charge on any atom is -0.506 e. The van der Waals surface area contributed by atoms with Crippen LogP contribution in [0.4, 0.5) is 0 Å². The predicted molar refractivity (Wildman–Crippen MR) is 61.3 cm³/mol. The van der Waals surface area contributed by atoms with Crippen LogP contribution in [-0.2, 0) is 11.3 Å². The molecule has 0 saturated heterocycles. The smallest absolute Gasteiger partial charge is 0.138 e. The van der Waals surface area contributed by atoms with Gasteiger partial charge in [0.2, 0.25) is 0 Å². The second-order valence-corrected chi connectivity index (χ2v) is 3.95. The van der Waals surface area contributed by atoms with Crippen molar-refractivity contribution in [1.29, 1.82) is 0 Å². The maximum absolute atomic E-state index is 9.86. The molecule has 84 valence electrons. The van der Waals surface area contributed by atoms with Crippen molar-refractivity contribution in [3.8, 4) is 5.75 Å². The molecule has 1 rings (SSSR count). The van der Waals surface area contributed by atoms with Crippen LogP contribution in [0.1, 0.15) is 24.0 Å². The highest BCUT2D eigenvalue weighted by Gasteiger charge is 2.16. The van der Waals surface area contributed by atoms with Crippen LogP contribution in [-0.4, -0.2) is 18.8 Å². The van der Waals surface area contributed by atoms with Crippen molar-refractivity contribution in [3.63, 3.8) is 0 Å². The van der Waals surface area contributed by atoms with Gasteiger partial charge in [0.05, 0.1) is 11.6 Å². The summed E-state index contributed by atoms with van der Waals surface area (Å²) in [5, 5.41) is 10.2. The Bertz CT molecular complexity index is 342. The Hall–Kier alpha value is -0.770. The summed E-state index contributed by atoms with van der Waals surface area (Å²) >= 11 is 5.86. The second kappa shape index (κ2) is 5.35. The van der Waals surface area contributed by atoms with Gasteiger partial charge in [-0.3, -0.25) is 0 Å². The van der Waals surface area contributed by atoms with E-state index in [2.05, 4.69) is 0 Å². The molecule has 1 aromatic carbocycles. The minimum atomic E-state index is 0.0637. The molecule has 0 fully saturated rings. The summed E-state index contributed by atoms with van der Waals surface area (Å²) in [4.78, 5) is 0. The maximum Gasteiger partial charge on any atom is 0.138 e. The Labute approximate surface area is 94.8 Å². The van der Waals surface area contributed by atoms with Crippen molar-refractivity contribution >= 4 is 11.6 Å². The van der Waals surface area contributed by atoms with Gasteiger partial charge in [0.1, 0.15) is 5.75 Å². The molecule has 4 heteroatoms. The summed E-state index contributed by atoms with van der Waals surface area (Å²) in [5.74, 6) is 0.179. The number of hydrogen-bond donors (Lipinski definition) is 2. The maximum atomic E-state index is 9.86. The average molecular weight is 230 g/mol. The fraction of sp³-hybridized carbons (Fsp3) is 0.455. The van der Waals surface area contributed by atoms with Gasteiger partial charge < -0.3 is 15.6 Å². The first kappa shape index (κ1) is 12.3. The lowest BCUT2D eigenvalue weighted by atomic mass is 9.95. The van der Waals surface area contributed by atoms with Gasteiger partial charge in [0.25, 0.3) is 0 Å². The van der Waals surface area contributed by atoms with Crippen LogP contribution in [0, 0.1) is 0 Å². The predicted octanol–water partition coefficient (Wildman–Crippen LogP) is 2.25. The molecule has 0 aromatic heterocycles. The molecule has 1 atom stereocenters. The third-order valence-electron chi connectivity index (χ3n) is 2.40. The zero-order chi connectivity index (χ0) is 11.4. The van der Waals surface area contributed by atoms with E-state index in [0.29, 0.717) is 18.2 Å². The molecule has 1 unspecified atom stereocenters. The molecule has 1 aromatic rings. The van der Waals surface area contributed by atoms with Crippen molar-refractivity contribution in [3.05, 3.63) is 28.3 Å². The van der Waals surface area contributed by atoms with Gasteiger partial charge in [-0.2, -0.15) is 0 Å². The van der Waals surface area contributed by atoms with E-state index in [1.165, 1.54) is 0 Å². The molecule has 0 saturated carbocycles. The normalized spacial score (nSPS) is 12.8. The van der Waals surface area contributed by atoms with Gasteiger partial charge >= 0.3 is 0 Å². The third kappa shape index (κ3) is 2.62. The Kier molecular flexibility index (Phi) is 4.39. The van der Waals surface area contributed by atoms with Crippen LogP contribution < -0.4 is 5.73 Å². The number of phenolic OH excluding ortho intramolecular Hbond substituents is 1. The number of rotatable bonds is 4. The van der Waals surface area contributed by atoms with E-state index in [4.69, 9.17) is 22.1 Å². The zero-order valence-corrected chi connectivity index (χ0v) is 9.71. The van der Waals surface area contributed by atoms with Gasteiger partial charge in [-0.25, -0.2) is 0 Å². The largest absolute Gasteiger partial charge is 0.506 e. The summed E-state index contributed by atoms with van der Waals surface area (Å²) in [6.45, 7) is 2.86. The van der Waals surface area contributed by atoms with Gasteiger partial charge in [-0.15, -0.1) is 0 Å². The Morgan fingerprint density at radius 3 is 2.73 bits per heavy atom. The summed E-state index contributed by atoms with van der Waals surface area (Å²) in [6, 6.07) is 3.52. The van der Waals surface area contributed by atoms with E-state index in [1.54, 1.807) is 13.2 Å². The fourth-order valence-corrected chi connectivity index (χ4v) is 1.74. The molecular weight excluding hydrogens is 214 g/mol. The SMILES string of the molecule is COCc1ccc(Cl)c(O)c1C(C)CN. The molecule has 15 heavy (non-hydrogen) atoms. The number of benzene rings is 1. The highest BCUT2D eigenvalue weighted by atomic mass is 35.5. The van der Waals surface area contributed by atoms with Crippen LogP contribution in [0.25, 0.3) is 0 Å². The van der Waals surface area contributed by atoms with Crippen molar-refractivity contribution in [2.45, 2.75) is 19.4 Å². The molecule has 0 aliphatic carbocycles. The van der Waals surface area contributed by atoms with Gasteiger partial charge in [-0.05, 0) is 24.1 Å². The standard InChI is InChI=1S/C11H16ClNO2/c1-7(5-13)10-8(6-15-2)3-4-9(12)11(10)14/h3-4,7,14H,5-6,13H2,1-2H3. The number of methoxy groups -OCH3 is 1. The van der Waals surface area contributed by atoms with E-state index in [9.17, 15) is 5.11 Å². The van der Waals surface area contributed by atoms with E-state index in [-0.39, 0.29) is 11.7 Å². The first-order valence-corrected chi connectivity index (χ1v) is 5.18. The summed E-state index contributed by atoms with van der Waals surface area (Å²) in [5.41, 5.74) is 7.31. The van der Waals surface area contributed by atoms with Gasteiger partial charge in [0, 0.05) is 12.7 Å². The van der Waals surface area contributed by atoms with E-state index >= 15 is 0 Å². The number of nitrogens with two attached hydrogens (primary N) is 1. The lowest BCUT2D eigenvalue weighted by molar-refractivity contribution is 0.183. The molecule has 3 nitrogen and oxygen atoms in total. The molecule has 0 aliphatic rings. The zero-order valence-electron chi connectivity index (χ0n) is 8.96. The van der Waals surface area contributed by atoms with Crippen molar-refractivity contribution in [2.75, 3.05) is 13.7 Å². The number of ether oxygens (including phenoxy) is 1. The minimum absolute atomic E-state index is 0.0637. The summed E-state index contributed by atoms with van der Waals surface area (Å²) in [6.07, 6.45) is 0. The Balaban J connectivity index is 3.21. The molecule has 3 N–H and O–H groups in total. The van der Waals surface area contributed by atoms with E-state index in [0.717, 1.165) is 11.1 Å². The molecule has 0 radical (unpaired) electrons. The van der Waals surface area contributed by atoms with Crippen LogP contribution in [0.2, 0.25) is 5.02 Å². The van der Waals surface area contributed by atoms with Crippen LogP contribution in [0.5, 0.6) is 5.75 Å². The molecule has 0 heterocycles. The molecule has 0 aliphatic heterocycles. The Morgan fingerprint density at radius 2 is 2.20 bits per heavy atom. The highest BCUT2D eigenvalue weighted by molar-refractivity contribution is 6.32. The van der Waals surface area contributed by atoms with Crippen LogP contribution in [0.15, 0.2) is 12.1 Å². The summed E-state index contributed by atoms with van der Waals surface area (Å²) < 4.78 is 5.06. The van der Waals surface area contributed by atoms with Crippen molar-refractivity contribution < 1.29 is 9.84 Å². The molecule has 0 bridgehead atoms. The van der Waals surface area contributed by atoms with Crippen LogP contribution >= 0.6 is 11.6 Å². The monoisotopic (exact) mass is 229 g/mol. The highest BCUT2D eigenvalue weighted by Crippen LogP contribution is 2.35. The quantitative estimate of drug-likeness (QED) is 0.833. The number of aromatic hydroxyl groups is 1. The average Bonchev–Trinajstić information content (AvgIpc) is 2.23. The third-order valence-corrected chi connectivity index (χ3v) is 2.71. The lowest BCUT2D eigenvalue weighted by Gasteiger charge is -2.17. The summed E-state index contributed by atoms with van der Waals surface area (Å²) in [7, 11) is 1.61. The topological polar surface area (TPSA) is 55.5 Å². The Morgan fingerprint density at radius 1 is 1.53 bits per heavy atom. The first-order chi connectivity index (χ1) is 7.11. The molecular formula is C11H16ClNO2. The van der Waals surface area contributed by atoms with Crippen LogP contribution in [0.3, 0.4) is 0 Å². The second-order valence-electron chi connectivity index (χ2n) is 3.54. The molecule has 0 spiro atoms. The van der Waals surface area contributed by atoms with E-state index < -0.39 is 0 Å². The number of hydrogen-bond acceptors (Lipinski definition) is 3.